The van der Waals surface area contributed by atoms with Crippen molar-refractivity contribution in [2.24, 2.45) is 13.0 Å². The smallest absolute Gasteiger partial charge is 0.237 e. The van der Waals surface area contributed by atoms with Crippen molar-refractivity contribution in [3.05, 3.63) is 54.4 Å². The van der Waals surface area contributed by atoms with Crippen LogP contribution in [0.15, 0.2) is 48.8 Å². The van der Waals surface area contributed by atoms with Gasteiger partial charge >= 0.3 is 0 Å². The zero-order valence-corrected chi connectivity index (χ0v) is 14.6. The van der Waals surface area contributed by atoms with Gasteiger partial charge in [0.2, 0.25) is 5.91 Å². The standard InChI is InChI=1S/C19H22ClN3O/c1-22-14-18(11-21-22)17-8-6-16(7-9-17)13-23(19(24)10-20)12-15-4-2-3-5-15/h2,4,6-9,11,14-15H,3,5,10,12-13H2,1H3. The summed E-state index contributed by atoms with van der Waals surface area (Å²) in [7, 11) is 1.91. The van der Waals surface area contributed by atoms with Gasteiger partial charge in [-0.3, -0.25) is 9.48 Å². The summed E-state index contributed by atoms with van der Waals surface area (Å²) >= 11 is 5.79. The highest BCUT2D eigenvalue weighted by molar-refractivity contribution is 6.27. The summed E-state index contributed by atoms with van der Waals surface area (Å²) in [6.07, 6.45) is 10.5. The molecule has 1 unspecified atom stereocenters. The maximum absolute atomic E-state index is 12.2. The molecule has 0 fully saturated rings. The molecule has 2 aromatic rings. The molecule has 1 aromatic heterocycles. The van der Waals surface area contributed by atoms with Gasteiger partial charge in [0.1, 0.15) is 5.88 Å². The number of alkyl halides is 1. The number of nitrogens with zero attached hydrogens (tertiary/aromatic N) is 3. The Morgan fingerprint density at radius 2 is 2.12 bits per heavy atom. The first-order chi connectivity index (χ1) is 11.7. The molecule has 24 heavy (non-hydrogen) atoms. The number of carbonyl (C=O) groups is 1. The van der Waals surface area contributed by atoms with Crippen molar-refractivity contribution in [2.75, 3.05) is 12.4 Å². The minimum absolute atomic E-state index is 0.00620. The van der Waals surface area contributed by atoms with Gasteiger partial charge in [-0.05, 0) is 29.9 Å². The fraction of sp³-hybridized carbons (Fsp3) is 0.368. The van der Waals surface area contributed by atoms with Crippen molar-refractivity contribution in [1.82, 2.24) is 14.7 Å². The molecule has 0 N–H and O–H groups in total. The van der Waals surface area contributed by atoms with Crippen LogP contribution in [0.5, 0.6) is 0 Å². The lowest BCUT2D eigenvalue weighted by Crippen LogP contribution is -2.35. The number of carbonyl (C=O) groups excluding carboxylic acids is 1. The summed E-state index contributed by atoms with van der Waals surface area (Å²) < 4.78 is 1.79. The summed E-state index contributed by atoms with van der Waals surface area (Å²) in [6.45, 7) is 1.34. The molecular formula is C19H22ClN3O. The number of allylic oxidation sites excluding steroid dienone is 1. The molecule has 0 bridgehead atoms. The molecule has 126 valence electrons. The van der Waals surface area contributed by atoms with Gasteiger partial charge in [0, 0.05) is 31.9 Å². The van der Waals surface area contributed by atoms with E-state index in [4.69, 9.17) is 11.6 Å². The predicted molar refractivity (Wildman–Crippen MR) is 96.6 cm³/mol. The Morgan fingerprint density at radius 1 is 1.33 bits per heavy atom. The topological polar surface area (TPSA) is 38.1 Å². The number of halogens is 1. The van der Waals surface area contributed by atoms with Crippen LogP contribution in [-0.4, -0.2) is 33.0 Å². The highest BCUT2D eigenvalue weighted by atomic mass is 35.5. The fourth-order valence-electron chi connectivity index (χ4n) is 3.06. The van der Waals surface area contributed by atoms with E-state index < -0.39 is 0 Å². The quantitative estimate of drug-likeness (QED) is 0.593. The van der Waals surface area contributed by atoms with Gasteiger partial charge in [0.25, 0.3) is 0 Å². The predicted octanol–water partition coefficient (Wildman–Crippen LogP) is 3.62. The second-order valence-corrected chi connectivity index (χ2v) is 6.54. The van der Waals surface area contributed by atoms with Gasteiger partial charge in [-0.15, -0.1) is 11.6 Å². The molecule has 1 aromatic carbocycles. The van der Waals surface area contributed by atoms with E-state index in [1.54, 1.807) is 4.68 Å². The van der Waals surface area contributed by atoms with Gasteiger partial charge in [0.05, 0.1) is 6.20 Å². The minimum Gasteiger partial charge on any atom is -0.337 e. The largest absolute Gasteiger partial charge is 0.337 e. The second-order valence-electron chi connectivity index (χ2n) is 6.27. The van der Waals surface area contributed by atoms with Crippen LogP contribution in [0.3, 0.4) is 0 Å². The highest BCUT2D eigenvalue weighted by Gasteiger charge is 2.19. The average molecular weight is 344 g/mol. The molecule has 1 heterocycles. The van der Waals surface area contributed by atoms with Crippen LogP contribution >= 0.6 is 11.6 Å². The third kappa shape index (κ3) is 4.06. The molecule has 0 aliphatic heterocycles. The van der Waals surface area contributed by atoms with Gasteiger partial charge in [-0.1, -0.05) is 36.4 Å². The van der Waals surface area contributed by atoms with E-state index in [2.05, 4.69) is 41.5 Å². The Hall–Kier alpha value is -2.07. The number of hydrogen-bond donors (Lipinski definition) is 0. The van der Waals surface area contributed by atoms with E-state index in [1.807, 2.05) is 24.3 Å². The normalized spacial score (nSPS) is 16.5. The van der Waals surface area contributed by atoms with Crippen LogP contribution in [0.25, 0.3) is 11.1 Å². The number of hydrogen-bond acceptors (Lipinski definition) is 2. The summed E-state index contributed by atoms with van der Waals surface area (Å²) in [4.78, 5) is 14.0. The number of benzene rings is 1. The lowest BCUT2D eigenvalue weighted by atomic mass is 10.1. The van der Waals surface area contributed by atoms with Gasteiger partial charge < -0.3 is 4.90 Å². The SMILES string of the molecule is Cn1cc(-c2ccc(CN(CC3C=CCC3)C(=O)CCl)cc2)cn1. The summed E-state index contributed by atoms with van der Waals surface area (Å²) in [5.41, 5.74) is 3.33. The van der Waals surface area contributed by atoms with Crippen LogP contribution in [0.1, 0.15) is 18.4 Å². The molecule has 0 saturated heterocycles. The molecule has 0 radical (unpaired) electrons. The first kappa shape index (κ1) is 16.8. The number of rotatable bonds is 6. The molecule has 4 nitrogen and oxygen atoms in total. The van der Waals surface area contributed by atoms with Crippen molar-refractivity contribution in [3.63, 3.8) is 0 Å². The Balaban J connectivity index is 1.69. The highest BCUT2D eigenvalue weighted by Crippen LogP contribution is 2.22. The zero-order valence-electron chi connectivity index (χ0n) is 13.9. The molecule has 1 aliphatic carbocycles. The molecule has 1 aliphatic rings. The van der Waals surface area contributed by atoms with Gasteiger partial charge in [-0.2, -0.15) is 5.10 Å². The minimum atomic E-state index is -0.00620. The van der Waals surface area contributed by atoms with E-state index in [9.17, 15) is 4.79 Å². The van der Waals surface area contributed by atoms with E-state index in [1.165, 1.54) is 0 Å². The second kappa shape index (κ2) is 7.67. The van der Waals surface area contributed by atoms with E-state index >= 15 is 0 Å². The van der Waals surface area contributed by atoms with Gasteiger partial charge in [-0.25, -0.2) is 0 Å². The third-order valence-electron chi connectivity index (χ3n) is 4.40. The molecule has 0 spiro atoms. The van der Waals surface area contributed by atoms with Crippen LogP contribution in [0.2, 0.25) is 0 Å². The molecule has 1 amide bonds. The van der Waals surface area contributed by atoms with Gasteiger partial charge in [0.15, 0.2) is 0 Å². The molecular weight excluding hydrogens is 322 g/mol. The Labute approximate surface area is 147 Å². The third-order valence-corrected chi connectivity index (χ3v) is 4.63. The van der Waals surface area contributed by atoms with Crippen molar-refractivity contribution < 1.29 is 4.79 Å². The Kier molecular flexibility index (Phi) is 5.36. The van der Waals surface area contributed by atoms with Crippen LogP contribution in [0, 0.1) is 5.92 Å². The maximum Gasteiger partial charge on any atom is 0.237 e. The van der Waals surface area contributed by atoms with E-state index in [0.29, 0.717) is 12.5 Å². The van der Waals surface area contributed by atoms with Crippen LogP contribution in [-0.2, 0) is 18.4 Å². The number of aromatic nitrogens is 2. The Morgan fingerprint density at radius 3 is 2.71 bits per heavy atom. The lowest BCUT2D eigenvalue weighted by molar-refractivity contribution is -0.129. The fourth-order valence-corrected chi connectivity index (χ4v) is 3.23. The Bertz CT molecular complexity index is 720. The summed E-state index contributed by atoms with van der Waals surface area (Å²) in [6, 6.07) is 8.29. The molecule has 0 saturated carbocycles. The molecule has 1 atom stereocenters. The first-order valence-corrected chi connectivity index (χ1v) is 8.77. The monoisotopic (exact) mass is 343 g/mol. The lowest BCUT2D eigenvalue weighted by Gasteiger charge is -2.24. The van der Waals surface area contributed by atoms with Crippen molar-refractivity contribution >= 4 is 17.5 Å². The number of aryl methyl sites for hydroxylation is 1. The maximum atomic E-state index is 12.2. The van der Waals surface area contributed by atoms with Crippen molar-refractivity contribution in [2.45, 2.75) is 19.4 Å². The average Bonchev–Trinajstić information content (AvgIpc) is 3.26. The van der Waals surface area contributed by atoms with Crippen LogP contribution < -0.4 is 0 Å². The zero-order chi connectivity index (χ0) is 16.9. The van der Waals surface area contributed by atoms with E-state index in [-0.39, 0.29) is 11.8 Å². The summed E-state index contributed by atoms with van der Waals surface area (Å²) in [5.74, 6) is 0.477. The van der Waals surface area contributed by atoms with Crippen molar-refractivity contribution in [1.29, 1.82) is 0 Å². The van der Waals surface area contributed by atoms with Crippen LogP contribution in [0.4, 0.5) is 0 Å². The first-order valence-electron chi connectivity index (χ1n) is 8.24. The number of amides is 1. The summed E-state index contributed by atoms with van der Waals surface area (Å²) in [5, 5.41) is 4.20. The molecule has 3 rings (SSSR count). The molecule has 5 heteroatoms. The van der Waals surface area contributed by atoms with Crippen molar-refractivity contribution in [3.8, 4) is 11.1 Å². The van der Waals surface area contributed by atoms with E-state index in [0.717, 1.165) is 36.1 Å².